The predicted molar refractivity (Wildman–Crippen MR) is 53.5 cm³/mol. The van der Waals surface area contributed by atoms with Gasteiger partial charge in [0.2, 0.25) is 0 Å². The number of nitrogen functional groups attached to an aromatic ring is 1. The van der Waals surface area contributed by atoms with Gasteiger partial charge in [-0.15, -0.1) is 0 Å². The number of anilines is 1. The third-order valence-electron chi connectivity index (χ3n) is 2.02. The van der Waals surface area contributed by atoms with E-state index >= 15 is 0 Å². The molecule has 2 aromatic heterocycles. The van der Waals surface area contributed by atoms with Gasteiger partial charge < -0.3 is 14.9 Å². The lowest BCUT2D eigenvalue weighted by Gasteiger charge is -2.01. The van der Waals surface area contributed by atoms with E-state index in [1.54, 1.807) is 17.5 Å². The Balaban J connectivity index is 2.66. The Kier molecular flexibility index (Phi) is 2.03. The summed E-state index contributed by atoms with van der Waals surface area (Å²) in [6.45, 7) is 1.76. The number of carbonyl (C=O) groups excluding carboxylic acids is 1. The number of hydrogen-bond donors (Lipinski definition) is 1. The average molecular weight is 206 g/mol. The summed E-state index contributed by atoms with van der Waals surface area (Å²) < 4.78 is 6.24. The van der Waals surface area contributed by atoms with E-state index in [0.29, 0.717) is 17.2 Å². The SMILES string of the molecule is COC(=O)c1cn2cc(N)nc2c(C)n1. The van der Waals surface area contributed by atoms with Crippen molar-refractivity contribution in [2.24, 2.45) is 0 Å². The van der Waals surface area contributed by atoms with Crippen LogP contribution in [0.2, 0.25) is 0 Å². The Morgan fingerprint density at radius 1 is 1.47 bits per heavy atom. The monoisotopic (exact) mass is 206 g/mol. The minimum absolute atomic E-state index is 0.236. The van der Waals surface area contributed by atoms with Crippen LogP contribution < -0.4 is 5.73 Å². The van der Waals surface area contributed by atoms with Gasteiger partial charge in [0.1, 0.15) is 5.82 Å². The highest BCUT2D eigenvalue weighted by Crippen LogP contribution is 2.11. The van der Waals surface area contributed by atoms with Gasteiger partial charge in [-0.1, -0.05) is 0 Å². The molecule has 2 aromatic rings. The lowest BCUT2D eigenvalue weighted by atomic mass is 10.4. The predicted octanol–water partition coefficient (Wildman–Crippen LogP) is 0.407. The maximum atomic E-state index is 11.3. The van der Waals surface area contributed by atoms with E-state index in [1.165, 1.54) is 13.3 Å². The maximum absolute atomic E-state index is 11.3. The molecule has 0 bridgehead atoms. The zero-order chi connectivity index (χ0) is 11.0. The fourth-order valence-corrected chi connectivity index (χ4v) is 1.37. The second-order valence-electron chi connectivity index (χ2n) is 3.10. The molecule has 0 fully saturated rings. The summed E-state index contributed by atoms with van der Waals surface area (Å²) in [4.78, 5) is 19.4. The van der Waals surface area contributed by atoms with Crippen molar-refractivity contribution in [3.63, 3.8) is 0 Å². The van der Waals surface area contributed by atoms with E-state index in [4.69, 9.17) is 5.73 Å². The minimum atomic E-state index is -0.479. The van der Waals surface area contributed by atoms with Crippen molar-refractivity contribution < 1.29 is 9.53 Å². The lowest BCUT2D eigenvalue weighted by molar-refractivity contribution is 0.0593. The number of aryl methyl sites for hydroxylation is 1. The zero-order valence-corrected chi connectivity index (χ0v) is 8.39. The molecule has 0 aliphatic heterocycles. The number of hydrogen-bond acceptors (Lipinski definition) is 5. The van der Waals surface area contributed by atoms with E-state index in [-0.39, 0.29) is 5.69 Å². The van der Waals surface area contributed by atoms with Gasteiger partial charge in [-0.25, -0.2) is 14.8 Å². The first-order chi connectivity index (χ1) is 7.11. The van der Waals surface area contributed by atoms with E-state index in [2.05, 4.69) is 14.7 Å². The Bertz CT molecular complexity index is 532. The summed E-state index contributed by atoms with van der Waals surface area (Å²) in [6, 6.07) is 0. The second kappa shape index (κ2) is 3.23. The molecule has 2 rings (SSSR count). The number of ether oxygens (including phenoxy) is 1. The summed E-state index contributed by atoms with van der Waals surface area (Å²) >= 11 is 0. The molecule has 0 atom stereocenters. The molecule has 2 N–H and O–H groups in total. The van der Waals surface area contributed by atoms with Crippen molar-refractivity contribution in [2.45, 2.75) is 6.92 Å². The van der Waals surface area contributed by atoms with Crippen LogP contribution in [0.25, 0.3) is 5.65 Å². The summed E-state index contributed by atoms with van der Waals surface area (Å²) in [6.07, 6.45) is 3.16. The number of esters is 1. The van der Waals surface area contributed by atoms with Crippen LogP contribution in [0.5, 0.6) is 0 Å². The Morgan fingerprint density at radius 2 is 2.20 bits per heavy atom. The van der Waals surface area contributed by atoms with Crippen molar-refractivity contribution in [3.8, 4) is 0 Å². The number of nitrogens with zero attached hydrogens (tertiary/aromatic N) is 3. The fraction of sp³-hybridized carbons (Fsp3) is 0.222. The molecule has 0 aliphatic carbocycles. The molecular weight excluding hydrogens is 196 g/mol. The molecule has 15 heavy (non-hydrogen) atoms. The lowest BCUT2D eigenvalue weighted by Crippen LogP contribution is -2.07. The highest BCUT2D eigenvalue weighted by atomic mass is 16.5. The number of methoxy groups -OCH3 is 1. The van der Waals surface area contributed by atoms with Gasteiger partial charge in [0.25, 0.3) is 0 Å². The fourth-order valence-electron chi connectivity index (χ4n) is 1.37. The summed E-state index contributed by atoms with van der Waals surface area (Å²) in [7, 11) is 1.31. The minimum Gasteiger partial charge on any atom is -0.464 e. The van der Waals surface area contributed by atoms with Crippen LogP contribution >= 0.6 is 0 Å². The van der Waals surface area contributed by atoms with Crippen LogP contribution in [0.3, 0.4) is 0 Å². The summed E-state index contributed by atoms with van der Waals surface area (Å²) in [5.74, 6) is -0.0887. The highest BCUT2D eigenvalue weighted by molar-refractivity contribution is 5.87. The van der Waals surface area contributed by atoms with Crippen LogP contribution in [0.4, 0.5) is 5.82 Å². The van der Waals surface area contributed by atoms with E-state index in [0.717, 1.165) is 0 Å². The molecule has 0 amide bonds. The van der Waals surface area contributed by atoms with E-state index in [9.17, 15) is 4.79 Å². The van der Waals surface area contributed by atoms with Crippen molar-refractivity contribution in [1.29, 1.82) is 0 Å². The third-order valence-corrected chi connectivity index (χ3v) is 2.02. The first kappa shape index (κ1) is 9.45. The van der Waals surface area contributed by atoms with Crippen molar-refractivity contribution in [1.82, 2.24) is 14.4 Å². The molecule has 0 spiro atoms. The largest absolute Gasteiger partial charge is 0.464 e. The molecule has 0 radical (unpaired) electrons. The van der Waals surface area contributed by atoms with Crippen LogP contribution in [-0.2, 0) is 4.74 Å². The number of nitrogens with two attached hydrogens (primary N) is 1. The third kappa shape index (κ3) is 1.50. The van der Waals surface area contributed by atoms with Crippen LogP contribution in [0, 0.1) is 6.92 Å². The molecule has 2 heterocycles. The molecular formula is C9H10N4O2. The molecule has 0 saturated carbocycles. The van der Waals surface area contributed by atoms with Crippen LogP contribution in [-0.4, -0.2) is 27.4 Å². The number of carbonyl (C=O) groups is 1. The van der Waals surface area contributed by atoms with Crippen molar-refractivity contribution in [3.05, 3.63) is 23.8 Å². The maximum Gasteiger partial charge on any atom is 0.358 e. The van der Waals surface area contributed by atoms with Crippen LogP contribution in [0.15, 0.2) is 12.4 Å². The molecule has 0 unspecified atom stereocenters. The van der Waals surface area contributed by atoms with Crippen molar-refractivity contribution >= 4 is 17.4 Å². The molecule has 0 aliphatic rings. The summed E-state index contributed by atoms with van der Waals surface area (Å²) in [5, 5.41) is 0. The average Bonchev–Trinajstić information content (AvgIpc) is 2.58. The molecule has 6 nitrogen and oxygen atoms in total. The molecule has 0 saturated heterocycles. The highest BCUT2D eigenvalue weighted by Gasteiger charge is 2.11. The number of fused-ring (bicyclic) bond motifs is 1. The van der Waals surface area contributed by atoms with Gasteiger partial charge in [0.05, 0.1) is 19.0 Å². The normalized spacial score (nSPS) is 10.5. The first-order valence-corrected chi connectivity index (χ1v) is 4.32. The smallest absolute Gasteiger partial charge is 0.358 e. The van der Waals surface area contributed by atoms with Gasteiger partial charge in [0.15, 0.2) is 11.3 Å². The van der Waals surface area contributed by atoms with E-state index in [1.807, 2.05) is 0 Å². The number of imidazole rings is 1. The standard InChI is InChI=1S/C9H10N4O2/c1-5-8-12-7(10)4-13(8)3-6(11-5)9(14)15-2/h3-4H,10H2,1-2H3. The van der Waals surface area contributed by atoms with Crippen molar-refractivity contribution in [2.75, 3.05) is 12.8 Å². The van der Waals surface area contributed by atoms with Gasteiger partial charge in [-0.05, 0) is 6.92 Å². The number of aromatic nitrogens is 3. The Labute approximate surface area is 85.7 Å². The zero-order valence-electron chi connectivity index (χ0n) is 8.39. The quantitative estimate of drug-likeness (QED) is 0.683. The molecule has 78 valence electrons. The summed E-state index contributed by atoms with van der Waals surface area (Å²) in [5.41, 5.74) is 7.05. The van der Waals surface area contributed by atoms with Crippen LogP contribution in [0.1, 0.15) is 16.2 Å². The Hall–Kier alpha value is -2.11. The first-order valence-electron chi connectivity index (χ1n) is 4.32. The van der Waals surface area contributed by atoms with Gasteiger partial charge in [-0.3, -0.25) is 0 Å². The molecule has 0 aromatic carbocycles. The second-order valence-corrected chi connectivity index (χ2v) is 3.10. The van der Waals surface area contributed by atoms with Gasteiger partial charge >= 0.3 is 5.97 Å². The van der Waals surface area contributed by atoms with E-state index < -0.39 is 5.97 Å². The molecule has 6 heteroatoms. The topological polar surface area (TPSA) is 82.5 Å². The van der Waals surface area contributed by atoms with Gasteiger partial charge in [0, 0.05) is 6.20 Å². The number of rotatable bonds is 1. The van der Waals surface area contributed by atoms with Gasteiger partial charge in [-0.2, -0.15) is 0 Å². The Morgan fingerprint density at radius 3 is 2.87 bits per heavy atom.